The molecular weight excluding hydrogens is 474 g/mol. The Morgan fingerprint density at radius 1 is 0.538 bits per heavy atom. The van der Waals surface area contributed by atoms with E-state index < -0.39 is 0 Å². The Bertz CT molecular complexity index is 2080. The summed E-state index contributed by atoms with van der Waals surface area (Å²) in [5.41, 5.74) is 8.26. The molecule has 2 heteroatoms. The molecule has 0 radical (unpaired) electrons. The molecule has 39 heavy (non-hydrogen) atoms. The Balaban J connectivity index is 1.38. The first-order chi connectivity index (χ1) is 19.1. The molecule has 0 aliphatic carbocycles. The highest BCUT2D eigenvalue weighted by Crippen LogP contribution is 2.49. The summed E-state index contributed by atoms with van der Waals surface area (Å²) in [4.78, 5) is 0. The van der Waals surface area contributed by atoms with E-state index in [0.717, 1.165) is 11.5 Å². The molecule has 2 heterocycles. The Morgan fingerprint density at radius 3 is 2.13 bits per heavy atom. The van der Waals surface area contributed by atoms with E-state index in [4.69, 9.17) is 4.74 Å². The van der Waals surface area contributed by atoms with Crippen LogP contribution in [0.5, 0.6) is 11.5 Å². The maximum Gasteiger partial charge on any atom is 0.131 e. The highest BCUT2D eigenvalue weighted by Gasteiger charge is 2.34. The second kappa shape index (κ2) is 8.09. The smallest absolute Gasteiger partial charge is 0.131 e. The zero-order chi connectivity index (χ0) is 26.1. The fourth-order valence-electron chi connectivity index (χ4n) is 6.44. The van der Waals surface area contributed by atoms with E-state index in [0.29, 0.717) is 0 Å². The summed E-state index contributed by atoms with van der Waals surface area (Å²) in [6.07, 6.45) is 0. The first kappa shape index (κ1) is 22.2. The van der Waals surface area contributed by atoms with Crippen molar-refractivity contribution in [3.8, 4) is 28.3 Å². The summed E-state index contributed by atoms with van der Waals surface area (Å²) in [7, 11) is 0. The molecule has 0 spiro atoms. The Morgan fingerprint density at radius 2 is 1.23 bits per heavy atom. The summed E-state index contributed by atoms with van der Waals surface area (Å²) in [6.45, 7) is 4.59. The number of nitrogens with zero attached hydrogens (tertiary/aromatic N) is 1. The van der Waals surface area contributed by atoms with Gasteiger partial charge in [-0.15, -0.1) is 0 Å². The molecule has 1 aliphatic heterocycles. The Hall–Kier alpha value is -4.82. The van der Waals surface area contributed by atoms with E-state index in [1.807, 2.05) is 6.07 Å². The highest BCUT2D eigenvalue weighted by molar-refractivity contribution is 6.14. The number of para-hydroxylation sites is 3. The van der Waals surface area contributed by atoms with Crippen molar-refractivity contribution in [1.29, 1.82) is 0 Å². The second-order valence-electron chi connectivity index (χ2n) is 11.0. The fraction of sp³-hybridized carbons (Fsp3) is 0.0811. The van der Waals surface area contributed by atoms with Crippen LogP contribution in [-0.2, 0) is 5.41 Å². The van der Waals surface area contributed by atoms with Crippen molar-refractivity contribution in [3.63, 3.8) is 0 Å². The molecule has 1 aliphatic rings. The van der Waals surface area contributed by atoms with Gasteiger partial charge in [0.1, 0.15) is 11.5 Å². The van der Waals surface area contributed by atoms with Crippen molar-refractivity contribution in [1.82, 2.24) is 4.57 Å². The van der Waals surface area contributed by atoms with Crippen molar-refractivity contribution in [3.05, 3.63) is 139 Å². The van der Waals surface area contributed by atoms with Gasteiger partial charge in [0.15, 0.2) is 0 Å². The third kappa shape index (κ3) is 3.21. The maximum atomic E-state index is 6.36. The minimum atomic E-state index is -0.166. The topological polar surface area (TPSA) is 14.2 Å². The number of ether oxygens (including phenoxy) is 1. The van der Waals surface area contributed by atoms with Crippen molar-refractivity contribution in [2.24, 2.45) is 0 Å². The molecule has 186 valence electrons. The molecule has 0 atom stereocenters. The van der Waals surface area contributed by atoms with Crippen LogP contribution in [0.4, 0.5) is 0 Å². The lowest BCUT2D eigenvalue weighted by atomic mass is 9.75. The van der Waals surface area contributed by atoms with Crippen molar-refractivity contribution < 1.29 is 4.74 Å². The molecule has 0 fully saturated rings. The second-order valence-corrected chi connectivity index (χ2v) is 11.0. The van der Waals surface area contributed by atoms with Gasteiger partial charge in [-0.05, 0) is 58.8 Å². The summed E-state index contributed by atoms with van der Waals surface area (Å²) in [6, 6.07) is 45.9. The lowest BCUT2D eigenvalue weighted by molar-refractivity contribution is 0.418. The van der Waals surface area contributed by atoms with Gasteiger partial charge in [-0.1, -0.05) is 98.8 Å². The summed E-state index contributed by atoms with van der Waals surface area (Å²) < 4.78 is 8.79. The fourth-order valence-corrected chi connectivity index (χ4v) is 6.44. The molecule has 0 bridgehead atoms. The van der Waals surface area contributed by atoms with E-state index in [1.165, 1.54) is 60.5 Å². The number of benzene rings is 6. The Labute approximate surface area is 227 Å². The molecule has 0 amide bonds. The standard InChI is InChI=1S/C37H27NO/c1-37(2)30-15-7-10-18-35(30)39-36-20-19-26(22-31(36)37)27-13-5-8-16-32(27)38-33-17-9-6-14-28(33)29-21-24-11-3-4-12-25(24)23-34(29)38/h3-23H,1-2H3. The van der Waals surface area contributed by atoms with E-state index in [9.17, 15) is 0 Å². The third-order valence-electron chi connectivity index (χ3n) is 8.43. The lowest BCUT2D eigenvalue weighted by Gasteiger charge is -2.34. The minimum absolute atomic E-state index is 0.166. The molecule has 0 unspecified atom stereocenters. The lowest BCUT2D eigenvalue weighted by Crippen LogP contribution is -2.24. The van der Waals surface area contributed by atoms with E-state index >= 15 is 0 Å². The van der Waals surface area contributed by atoms with Crippen LogP contribution in [0.3, 0.4) is 0 Å². The van der Waals surface area contributed by atoms with Gasteiger partial charge in [-0.2, -0.15) is 0 Å². The average Bonchev–Trinajstić information content (AvgIpc) is 3.29. The van der Waals surface area contributed by atoms with Crippen LogP contribution < -0.4 is 4.74 Å². The van der Waals surface area contributed by atoms with Gasteiger partial charge in [-0.25, -0.2) is 0 Å². The van der Waals surface area contributed by atoms with Crippen molar-refractivity contribution >= 4 is 32.6 Å². The monoisotopic (exact) mass is 501 g/mol. The van der Waals surface area contributed by atoms with E-state index in [-0.39, 0.29) is 5.41 Å². The number of hydrogen-bond acceptors (Lipinski definition) is 1. The molecular formula is C37H27NO. The first-order valence-electron chi connectivity index (χ1n) is 13.5. The SMILES string of the molecule is CC1(C)c2ccccc2Oc2ccc(-c3ccccc3-n3c4ccccc4c4cc5ccccc5cc43)cc21. The van der Waals surface area contributed by atoms with E-state index in [1.54, 1.807) is 0 Å². The highest BCUT2D eigenvalue weighted by atomic mass is 16.5. The van der Waals surface area contributed by atoms with E-state index in [2.05, 4.69) is 140 Å². The number of hydrogen-bond donors (Lipinski definition) is 0. The van der Waals surface area contributed by atoms with Gasteiger partial charge < -0.3 is 9.30 Å². The van der Waals surface area contributed by atoms with Crippen LogP contribution in [-0.4, -0.2) is 4.57 Å². The summed E-state index contributed by atoms with van der Waals surface area (Å²) in [5.74, 6) is 1.88. The predicted molar refractivity (Wildman–Crippen MR) is 162 cm³/mol. The van der Waals surface area contributed by atoms with Crippen molar-refractivity contribution in [2.75, 3.05) is 0 Å². The summed E-state index contributed by atoms with van der Waals surface area (Å²) >= 11 is 0. The quantitative estimate of drug-likeness (QED) is 0.230. The molecule has 0 saturated carbocycles. The third-order valence-corrected chi connectivity index (χ3v) is 8.43. The number of fused-ring (bicyclic) bond motifs is 6. The zero-order valence-corrected chi connectivity index (χ0v) is 22.0. The Kier molecular flexibility index (Phi) is 4.60. The molecule has 8 rings (SSSR count). The van der Waals surface area contributed by atoms with Crippen LogP contribution in [0.2, 0.25) is 0 Å². The number of aromatic nitrogens is 1. The first-order valence-corrected chi connectivity index (χ1v) is 13.5. The molecule has 1 aromatic heterocycles. The van der Waals surface area contributed by atoms with Gasteiger partial charge in [-0.3, -0.25) is 0 Å². The minimum Gasteiger partial charge on any atom is -0.457 e. The predicted octanol–water partition coefficient (Wildman–Crippen LogP) is 10.0. The van der Waals surface area contributed by atoms with Crippen LogP contribution in [0.1, 0.15) is 25.0 Å². The zero-order valence-electron chi connectivity index (χ0n) is 22.0. The van der Waals surface area contributed by atoms with Gasteiger partial charge in [0.25, 0.3) is 0 Å². The van der Waals surface area contributed by atoms with Gasteiger partial charge >= 0.3 is 0 Å². The van der Waals surface area contributed by atoms with Crippen LogP contribution >= 0.6 is 0 Å². The molecule has 0 N–H and O–H groups in total. The average molecular weight is 502 g/mol. The van der Waals surface area contributed by atoms with Gasteiger partial charge in [0.05, 0.1) is 16.7 Å². The van der Waals surface area contributed by atoms with Gasteiger partial charge in [0.2, 0.25) is 0 Å². The van der Waals surface area contributed by atoms with Crippen molar-refractivity contribution in [2.45, 2.75) is 19.3 Å². The largest absolute Gasteiger partial charge is 0.457 e. The number of rotatable bonds is 2. The van der Waals surface area contributed by atoms with Gasteiger partial charge in [0, 0.05) is 32.9 Å². The summed E-state index contributed by atoms with van der Waals surface area (Å²) in [5, 5.41) is 5.05. The maximum absolute atomic E-state index is 6.36. The molecule has 2 nitrogen and oxygen atoms in total. The van der Waals surface area contributed by atoms with Crippen LogP contribution in [0.15, 0.2) is 127 Å². The molecule has 0 saturated heterocycles. The van der Waals surface area contributed by atoms with Crippen LogP contribution in [0.25, 0.3) is 49.4 Å². The van der Waals surface area contributed by atoms with Crippen LogP contribution in [0, 0.1) is 0 Å². The molecule has 7 aromatic rings. The molecule has 6 aromatic carbocycles. The normalized spacial score (nSPS) is 13.8.